The Labute approximate surface area is 210 Å². The molecule has 1 aliphatic carbocycles. The van der Waals surface area contributed by atoms with E-state index in [2.05, 4.69) is 30.2 Å². The maximum absolute atomic E-state index is 13.2. The van der Waals surface area contributed by atoms with E-state index < -0.39 is 0 Å². The highest BCUT2D eigenvalue weighted by Crippen LogP contribution is 2.33. The molecule has 0 radical (unpaired) electrons. The number of benzene rings is 3. The third-order valence-electron chi connectivity index (χ3n) is 6.84. The minimum absolute atomic E-state index is 0.0951. The number of anilines is 1. The Morgan fingerprint density at radius 2 is 1.83 bits per heavy atom. The predicted octanol–water partition coefficient (Wildman–Crippen LogP) is 6.95. The number of nitrogens with two attached hydrogens (primary N) is 1. The number of carbonyl (C=O) groups is 1. The first-order chi connectivity index (χ1) is 17.4. The van der Waals surface area contributed by atoms with Crippen LogP contribution in [0.15, 0.2) is 71.2 Å². The fourth-order valence-corrected chi connectivity index (χ4v) is 4.74. The number of nitrogen functional groups attached to an aromatic ring is 1. The molecule has 3 N–H and O–H groups in total. The number of hydrogen-bond donors (Lipinski definition) is 2. The molecular formula is C30H30FN3O2. The van der Waals surface area contributed by atoms with Crippen LogP contribution < -0.4 is 11.1 Å². The second-order valence-electron chi connectivity index (χ2n) is 9.80. The molecule has 0 aliphatic heterocycles. The minimum Gasteiger partial charge on any atom is -0.436 e. The van der Waals surface area contributed by atoms with E-state index in [4.69, 9.17) is 10.2 Å². The first-order valence-electron chi connectivity index (χ1n) is 12.4. The fourth-order valence-electron chi connectivity index (χ4n) is 4.74. The number of nitrogens with zero attached hydrogens (tertiary/aromatic N) is 1. The molecule has 1 amide bonds. The van der Waals surface area contributed by atoms with Crippen LogP contribution in [-0.2, 0) is 0 Å². The SMILES string of the molecule is CC(C)c1cc(N)cc2nc(-c3ccc(C(=O)NCC4CC=C(c5ccc(F)cc5)CC4)cc3)oc12. The Balaban J connectivity index is 1.21. The molecule has 0 saturated heterocycles. The lowest BCUT2D eigenvalue weighted by Crippen LogP contribution is -2.29. The molecule has 0 saturated carbocycles. The Morgan fingerprint density at radius 1 is 1.11 bits per heavy atom. The van der Waals surface area contributed by atoms with Crippen molar-refractivity contribution >= 4 is 28.3 Å². The van der Waals surface area contributed by atoms with Crippen molar-refractivity contribution in [3.63, 3.8) is 0 Å². The number of nitrogens with one attached hydrogen (secondary N) is 1. The van der Waals surface area contributed by atoms with Crippen LogP contribution in [-0.4, -0.2) is 17.4 Å². The highest BCUT2D eigenvalue weighted by molar-refractivity contribution is 5.94. The largest absolute Gasteiger partial charge is 0.436 e. The Bertz CT molecular complexity index is 1420. The van der Waals surface area contributed by atoms with Gasteiger partial charge in [-0.3, -0.25) is 4.79 Å². The third-order valence-corrected chi connectivity index (χ3v) is 6.84. The summed E-state index contributed by atoms with van der Waals surface area (Å²) in [5.74, 6) is 0.845. The van der Waals surface area contributed by atoms with Crippen LogP contribution >= 0.6 is 0 Å². The van der Waals surface area contributed by atoms with Gasteiger partial charge >= 0.3 is 0 Å². The number of oxazole rings is 1. The number of hydrogen-bond acceptors (Lipinski definition) is 4. The van der Waals surface area contributed by atoms with Gasteiger partial charge in [0.2, 0.25) is 5.89 Å². The van der Waals surface area contributed by atoms with Gasteiger partial charge in [-0.05, 0) is 90.8 Å². The van der Waals surface area contributed by atoms with E-state index in [0.29, 0.717) is 29.6 Å². The van der Waals surface area contributed by atoms with Crippen LogP contribution in [0, 0.1) is 11.7 Å². The van der Waals surface area contributed by atoms with Gasteiger partial charge in [-0.25, -0.2) is 9.37 Å². The summed E-state index contributed by atoms with van der Waals surface area (Å²) in [6.45, 7) is 4.81. The van der Waals surface area contributed by atoms with Crippen molar-refractivity contribution < 1.29 is 13.6 Å². The second kappa shape index (κ2) is 9.97. The average molecular weight is 484 g/mol. The molecule has 3 aromatic carbocycles. The lowest BCUT2D eigenvalue weighted by Gasteiger charge is -2.22. The molecule has 1 aliphatic rings. The molecule has 1 atom stereocenters. The number of allylic oxidation sites excluding steroid dienone is 2. The predicted molar refractivity (Wildman–Crippen MR) is 142 cm³/mol. The molecule has 184 valence electrons. The van der Waals surface area contributed by atoms with Crippen molar-refractivity contribution in [1.82, 2.24) is 10.3 Å². The van der Waals surface area contributed by atoms with E-state index >= 15 is 0 Å². The van der Waals surface area contributed by atoms with Crippen molar-refractivity contribution in [2.24, 2.45) is 5.92 Å². The van der Waals surface area contributed by atoms with Crippen LogP contribution in [0.4, 0.5) is 10.1 Å². The maximum atomic E-state index is 13.2. The van der Waals surface area contributed by atoms with E-state index in [-0.39, 0.29) is 17.6 Å². The summed E-state index contributed by atoms with van der Waals surface area (Å²) in [5, 5.41) is 3.07. The third kappa shape index (κ3) is 5.03. The Kier molecular flexibility index (Phi) is 6.59. The summed E-state index contributed by atoms with van der Waals surface area (Å²) in [6, 6.07) is 17.7. The molecular weight excluding hydrogens is 453 g/mol. The summed E-state index contributed by atoms with van der Waals surface area (Å²) in [5.41, 5.74) is 12.9. The molecule has 4 aromatic rings. The maximum Gasteiger partial charge on any atom is 0.251 e. The van der Waals surface area contributed by atoms with Crippen molar-refractivity contribution in [2.75, 3.05) is 12.3 Å². The first kappa shape index (κ1) is 23.8. The fraction of sp³-hybridized carbons (Fsp3) is 0.267. The highest BCUT2D eigenvalue weighted by atomic mass is 19.1. The summed E-state index contributed by atoms with van der Waals surface area (Å²) in [6.07, 6.45) is 5.02. The number of carbonyl (C=O) groups excluding carboxylic acids is 1. The van der Waals surface area contributed by atoms with Crippen molar-refractivity contribution in [2.45, 2.75) is 39.0 Å². The molecule has 0 fully saturated rings. The van der Waals surface area contributed by atoms with Crippen molar-refractivity contribution in [3.05, 3.63) is 89.2 Å². The van der Waals surface area contributed by atoms with Gasteiger partial charge < -0.3 is 15.5 Å². The second-order valence-corrected chi connectivity index (χ2v) is 9.80. The van der Waals surface area contributed by atoms with Crippen LogP contribution in [0.2, 0.25) is 0 Å². The van der Waals surface area contributed by atoms with Gasteiger partial charge in [-0.15, -0.1) is 0 Å². The molecule has 1 unspecified atom stereocenters. The van der Waals surface area contributed by atoms with E-state index in [1.54, 1.807) is 12.1 Å². The summed E-state index contributed by atoms with van der Waals surface area (Å²) in [4.78, 5) is 17.4. The topological polar surface area (TPSA) is 81.1 Å². The van der Waals surface area contributed by atoms with Crippen LogP contribution in [0.25, 0.3) is 28.1 Å². The quantitative estimate of drug-likeness (QED) is 0.291. The monoisotopic (exact) mass is 483 g/mol. The normalized spacial score (nSPS) is 15.8. The average Bonchev–Trinajstić information content (AvgIpc) is 3.31. The molecule has 5 nitrogen and oxygen atoms in total. The zero-order chi connectivity index (χ0) is 25.2. The molecule has 1 aromatic heterocycles. The summed E-state index contributed by atoms with van der Waals surface area (Å²) in [7, 11) is 0. The van der Waals surface area contributed by atoms with Crippen LogP contribution in [0.5, 0.6) is 0 Å². The number of amides is 1. The lowest BCUT2D eigenvalue weighted by molar-refractivity contribution is 0.0946. The van der Waals surface area contributed by atoms with Gasteiger partial charge in [0.15, 0.2) is 5.58 Å². The highest BCUT2D eigenvalue weighted by Gasteiger charge is 2.18. The zero-order valence-corrected chi connectivity index (χ0v) is 20.6. The summed E-state index contributed by atoms with van der Waals surface area (Å²) >= 11 is 0. The first-order valence-corrected chi connectivity index (χ1v) is 12.4. The van der Waals surface area contributed by atoms with Gasteiger partial charge in [0.25, 0.3) is 5.91 Å². The number of halogens is 1. The van der Waals surface area contributed by atoms with Gasteiger partial charge in [0.05, 0.1) is 0 Å². The molecule has 0 bridgehead atoms. The van der Waals surface area contributed by atoms with Gasteiger partial charge in [0.1, 0.15) is 11.3 Å². The molecule has 5 rings (SSSR count). The zero-order valence-electron chi connectivity index (χ0n) is 20.6. The Morgan fingerprint density at radius 3 is 2.50 bits per heavy atom. The van der Waals surface area contributed by atoms with Gasteiger partial charge in [-0.1, -0.05) is 32.1 Å². The molecule has 0 spiro atoms. The van der Waals surface area contributed by atoms with E-state index in [9.17, 15) is 9.18 Å². The van der Waals surface area contributed by atoms with Crippen molar-refractivity contribution in [3.8, 4) is 11.5 Å². The molecule has 1 heterocycles. The molecule has 6 heteroatoms. The Hall–Kier alpha value is -3.93. The number of aromatic nitrogens is 1. The van der Waals surface area contributed by atoms with E-state index in [0.717, 1.165) is 47.1 Å². The van der Waals surface area contributed by atoms with Gasteiger partial charge in [-0.2, -0.15) is 0 Å². The standard InChI is InChI=1S/C30H30FN3O2/c1-18(2)26-15-25(32)16-27-28(26)36-30(34-27)23-9-7-22(8-10-23)29(35)33-17-19-3-5-20(6-4-19)21-11-13-24(31)14-12-21/h5,7-16,18-19H,3-4,6,17,32H2,1-2H3,(H,33,35). The van der Waals surface area contributed by atoms with Gasteiger partial charge in [0, 0.05) is 28.9 Å². The van der Waals surface area contributed by atoms with Crippen molar-refractivity contribution in [1.29, 1.82) is 0 Å². The van der Waals surface area contributed by atoms with Crippen LogP contribution in [0.3, 0.4) is 0 Å². The minimum atomic E-state index is -0.219. The summed E-state index contributed by atoms with van der Waals surface area (Å²) < 4.78 is 19.3. The van der Waals surface area contributed by atoms with E-state index in [1.165, 1.54) is 17.7 Å². The smallest absolute Gasteiger partial charge is 0.251 e. The number of rotatable bonds is 6. The number of fused-ring (bicyclic) bond motifs is 1. The van der Waals surface area contributed by atoms with E-state index in [1.807, 2.05) is 36.4 Å². The lowest BCUT2D eigenvalue weighted by atomic mass is 9.86. The van der Waals surface area contributed by atoms with Crippen LogP contribution in [0.1, 0.15) is 60.5 Å². The molecule has 36 heavy (non-hydrogen) atoms.